The number of hydrogen-bond acceptors (Lipinski definition) is 10. The Morgan fingerprint density at radius 3 is 1.82 bits per heavy atom. The summed E-state index contributed by atoms with van der Waals surface area (Å²) in [5.41, 5.74) is 0.400. The first kappa shape index (κ1) is 26.6. The van der Waals surface area contributed by atoms with Gasteiger partial charge in [0, 0.05) is 12.1 Å². The molecule has 0 saturated heterocycles. The molecule has 33 heavy (non-hydrogen) atoms. The van der Waals surface area contributed by atoms with E-state index in [4.69, 9.17) is 4.74 Å². The molecule has 0 aliphatic rings. The van der Waals surface area contributed by atoms with Gasteiger partial charge in [-0.1, -0.05) is 12.7 Å². The van der Waals surface area contributed by atoms with E-state index in [1.54, 1.807) is 13.8 Å². The number of rotatable bonds is 7. The summed E-state index contributed by atoms with van der Waals surface area (Å²) in [4.78, 5) is 42.7. The van der Waals surface area contributed by atoms with Gasteiger partial charge in [-0.05, 0) is 37.1 Å². The number of hydrogen-bond donors (Lipinski definition) is 1. The van der Waals surface area contributed by atoms with E-state index >= 15 is 0 Å². The largest absolute Gasteiger partial charge is 0.502 e. The predicted molar refractivity (Wildman–Crippen MR) is 116 cm³/mol. The van der Waals surface area contributed by atoms with Crippen LogP contribution in [0.25, 0.3) is 0 Å². The topological polar surface area (TPSA) is 168 Å². The number of carbonyl (C=O) groups is 2. The third-order valence-corrected chi connectivity index (χ3v) is 4.19. The van der Waals surface area contributed by atoms with Crippen molar-refractivity contribution in [1.82, 2.24) is 0 Å². The van der Waals surface area contributed by atoms with Crippen LogP contribution in [0, 0.1) is 34.1 Å². The standard InChI is InChI=1S/C12H13NO5.C9H9NO5/c1-4-5-18-11-6-8(2)9(12(14)17-3)7-10(11)13(15)16;1-5-3-8(11)7(10(13)14)4-6(5)9(12)15-2/h4,6-7H,1,5H2,2-3H3;3-4,11H,1-2H3. The quantitative estimate of drug-likeness (QED) is 0.277. The summed E-state index contributed by atoms with van der Waals surface area (Å²) in [6, 6.07) is 4.74. The van der Waals surface area contributed by atoms with Gasteiger partial charge in [-0.2, -0.15) is 0 Å². The number of aryl methyl sites for hydroxylation is 2. The molecule has 12 heteroatoms. The fraction of sp³-hybridized carbons (Fsp3) is 0.238. The maximum absolute atomic E-state index is 11.4. The van der Waals surface area contributed by atoms with Crippen molar-refractivity contribution in [1.29, 1.82) is 0 Å². The smallest absolute Gasteiger partial charge is 0.338 e. The van der Waals surface area contributed by atoms with E-state index in [0.717, 1.165) is 18.2 Å². The van der Waals surface area contributed by atoms with E-state index < -0.39 is 33.2 Å². The number of aromatic hydroxyl groups is 1. The minimum Gasteiger partial charge on any atom is -0.502 e. The molecule has 0 radical (unpaired) electrons. The Bertz CT molecular complexity index is 1090. The summed E-state index contributed by atoms with van der Waals surface area (Å²) in [6.45, 7) is 6.81. The van der Waals surface area contributed by atoms with Crippen molar-refractivity contribution in [2.75, 3.05) is 20.8 Å². The highest BCUT2D eigenvalue weighted by Gasteiger charge is 2.22. The van der Waals surface area contributed by atoms with Crippen LogP contribution in [0.2, 0.25) is 0 Å². The molecule has 0 aliphatic carbocycles. The molecular formula is C21H22N2O10. The minimum atomic E-state index is -0.763. The lowest BCUT2D eigenvalue weighted by Crippen LogP contribution is -2.06. The van der Waals surface area contributed by atoms with Crippen LogP contribution in [-0.2, 0) is 9.47 Å². The molecule has 1 N–H and O–H groups in total. The maximum Gasteiger partial charge on any atom is 0.338 e. The molecule has 0 bridgehead atoms. The van der Waals surface area contributed by atoms with Gasteiger partial charge in [-0.15, -0.1) is 0 Å². The monoisotopic (exact) mass is 462 g/mol. The lowest BCUT2D eigenvalue weighted by atomic mass is 10.1. The molecule has 176 valence electrons. The van der Waals surface area contributed by atoms with Crippen molar-refractivity contribution in [2.24, 2.45) is 0 Å². The second kappa shape index (κ2) is 11.8. The van der Waals surface area contributed by atoms with Gasteiger partial charge in [0.15, 0.2) is 11.5 Å². The molecule has 2 aromatic rings. The number of methoxy groups -OCH3 is 2. The van der Waals surface area contributed by atoms with Crippen LogP contribution in [0.4, 0.5) is 11.4 Å². The molecule has 0 spiro atoms. The van der Waals surface area contributed by atoms with Gasteiger partial charge in [0.05, 0.1) is 35.2 Å². The van der Waals surface area contributed by atoms with E-state index in [1.165, 1.54) is 26.4 Å². The molecule has 0 aliphatic heterocycles. The van der Waals surface area contributed by atoms with E-state index in [2.05, 4.69) is 16.1 Å². The van der Waals surface area contributed by atoms with Crippen LogP contribution >= 0.6 is 0 Å². The highest BCUT2D eigenvalue weighted by atomic mass is 16.6. The van der Waals surface area contributed by atoms with Crippen LogP contribution in [0.3, 0.4) is 0 Å². The van der Waals surface area contributed by atoms with Gasteiger partial charge in [0.25, 0.3) is 0 Å². The zero-order chi connectivity index (χ0) is 25.3. The fourth-order valence-electron chi connectivity index (χ4n) is 2.56. The average Bonchev–Trinajstić information content (AvgIpc) is 2.76. The lowest BCUT2D eigenvalue weighted by molar-refractivity contribution is -0.386. The first-order chi connectivity index (χ1) is 15.5. The highest BCUT2D eigenvalue weighted by Crippen LogP contribution is 2.31. The number of nitro benzene ring substituents is 2. The summed E-state index contributed by atoms with van der Waals surface area (Å²) in [6.07, 6.45) is 1.48. The Morgan fingerprint density at radius 1 is 0.939 bits per heavy atom. The van der Waals surface area contributed by atoms with Crippen LogP contribution in [0.5, 0.6) is 11.5 Å². The summed E-state index contributed by atoms with van der Waals surface area (Å²) in [5.74, 6) is -1.66. The number of nitrogens with zero attached hydrogens (tertiary/aromatic N) is 2. The molecule has 0 unspecified atom stereocenters. The number of esters is 2. The Balaban J connectivity index is 0.000000335. The van der Waals surface area contributed by atoms with Crippen molar-refractivity contribution in [3.8, 4) is 11.5 Å². The molecule has 0 amide bonds. The van der Waals surface area contributed by atoms with E-state index in [0.29, 0.717) is 11.1 Å². The number of carbonyl (C=O) groups excluding carboxylic acids is 2. The Hall–Kier alpha value is -4.48. The van der Waals surface area contributed by atoms with E-state index in [1.807, 2.05) is 0 Å². The van der Waals surface area contributed by atoms with Crippen LogP contribution in [-0.4, -0.2) is 47.7 Å². The second-order valence-corrected chi connectivity index (χ2v) is 6.39. The van der Waals surface area contributed by atoms with Crippen LogP contribution in [0.15, 0.2) is 36.9 Å². The third kappa shape index (κ3) is 6.75. The zero-order valence-electron chi connectivity index (χ0n) is 18.3. The van der Waals surface area contributed by atoms with Crippen molar-refractivity contribution in [3.05, 3.63) is 79.4 Å². The van der Waals surface area contributed by atoms with Gasteiger partial charge >= 0.3 is 23.3 Å². The molecular weight excluding hydrogens is 440 g/mol. The van der Waals surface area contributed by atoms with Crippen molar-refractivity contribution in [2.45, 2.75) is 13.8 Å². The number of ether oxygens (including phenoxy) is 3. The summed E-state index contributed by atoms with van der Waals surface area (Å²) in [5, 5.41) is 30.6. The van der Waals surface area contributed by atoms with Gasteiger partial charge in [0.2, 0.25) is 0 Å². The molecule has 0 atom stereocenters. The predicted octanol–water partition coefficient (Wildman–Crippen LogP) is 3.65. The Labute approximate surface area is 188 Å². The Kier molecular flexibility index (Phi) is 9.49. The summed E-state index contributed by atoms with van der Waals surface area (Å²) < 4.78 is 14.2. The third-order valence-electron chi connectivity index (χ3n) is 4.19. The van der Waals surface area contributed by atoms with Gasteiger partial charge in [-0.3, -0.25) is 20.2 Å². The molecule has 0 fully saturated rings. The van der Waals surface area contributed by atoms with Crippen molar-refractivity contribution < 1.29 is 38.8 Å². The lowest BCUT2D eigenvalue weighted by Gasteiger charge is -2.08. The van der Waals surface area contributed by atoms with E-state index in [9.17, 15) is 34.9 Å². The SMILES string of the molecule is C=CCOc1cc(C)c(C(=O)OC)cc1[N+](=O)[O-].COC(=O)c1cc([N+](=O)[O-])c(O)cc1C. The molecule has 2 aromatic carbocycles. The number of nitro groups is 2. The normalized spacial score (nSPS) is 9.70. The van der Waals surface area contributed by atoms with E-state index in [-0.39, 0.29) is 29.2 Å². The molecule has 0 heterocycles. The number of phenolic OH excluding ortho intramolecular Hbond substituents is 1. The van der Waals surface area contributed by atoms with Crippen LogP contribution in [0.1, 0.15) is 31.8 Å². The van der Waals surface area contributed by atoms with Gasteiger partial charge < -0.3 is 19.3 Å². The van der Waals surface area contributed by atoms with Crippen molar-refractivity contribution in [3.63, 3.8) is 0 Å². The first-order valence-corrected chi connectivity index (χ1v) is 9.15. The second-order valence-electron chi connectivity index (χ2n) is 6.39. The van der Waals surface area contributed by atoms with Gasteiger partial charge in [-0.25, -0.2) is 9.59 Å². The molecule has 0 saturated carbocycles. The number of benzene rings is 2. The summed E-state index contributed by atoms with van der Waals surface area (Å²) >= 11 is 0. The fourth-order valence-corrected chi connectivity index (χ4v) is 2.56. The molecule has 0 aromatic heterocycles. The zero-order valence-corrected chi connectivity index (χ0v) is 18.3. The molecule has 12 nitrogen and oxygen atoms in total. The number of phenols is 1. The first-order valence-electron chi connectivity index (χ1n) is 9.15. The summed E-state index contributed by atoms with van der Waals surface area (Å²) in [7, 11) is 2.40. The van der Waals surface area contributed by atoms with Gasteiger partial charge in [0.1, 0.15) is 6.61 Å². The molecule has 2 rings (SSSR count). The minimum absolute atomic E-state index is 0.0713. The average molecular weight is 462 g/mol. The van der Waals surface area contributed by atoms with Crippen molar-refractivity contribution >= 4 is 23.3 Å². The Morgan fingerprint density at radius 2 is 1.39 bits per heavy atom. The maximum atomic E-state index is 11.4. The van der Waals surface area contributed by atoms with Crippen LogP contribution < -0.4 is 4.74 Å². The highest BCUT2D eigenvalue weighted by molar-refractivity contribution is 5.92.